The molecule has 0 spiro atoms. The minimum atomic E-state index is -0.815. The van der Waals surface area contributed by atoms with Gasteiger partial charge in [0.2, 0.25) is 0 Å². The molecule has 1 aromatic rings. The molecular weight excluding hydrogens is 218 g/mol. The molecule has 3 N–H and O–H groups in total. The van der Waals surface area contributed by atoms with Crippen molar-refractivity contribution in [1.29, 1.82) is 0 Å². The zero-order chi connectivity index (χ0) is 12.5. The molecule has 0 saturated carbocycles. The molecule has 0 fully saturated rings. The van der Waals surface area contributed by atoms with Gasteiger partial charge in [0, 0.05) is 17.5 Å². The van der Waals surface area contributed by atoms with Crippen LogP contribution in [0, 0.1) is 6.92 Å². The van der Waals surface area contributed by atoms with Crippen LogP contribution in [0.1, 0.15) is 24.0 Å². The molecule has 1 aliphatic rings. The monoisotopic (exact) mass is 235 g/mol. The zero-order valence-electron chi connectivity index (χ0n) is 9.90. The van der Waals surface area contributed by atoms with E-state index in [1.807, 2.05) is 25.1 Å². The lowest BCUT2D eigenvalue weighted by Crippen LogP contribution is -2.41. The number of rotatable bonds is 3. The summed E-state index contributed by atoms with van der Waals surface area (Å²) in [7, 11) is 0. The van der Waals surface area contributed by atoms with Gasteiger partial charge in [0.05, 0.1) is 13.0 Å². The molecule has 17 heavy (non-hydrogen) atoms. The fourth-order valence-corrected chi connectivity index (χ4v) is 2.43. The van der Waals surface area contributed by atoms with Crippen LogP contribution >= 0.6 is 0 Å². The smallest absolute Gasteiger partial charge is 0.304 e. The number of aryl methyl sites for hydroxylation is 1. The third-order valence-electron chi connectivity index (χ3n) is 3.42. The van der Waals surface area contributed by atoms with Crippen LogP contribution in [0.5, 0.6) is 5.75 Å². The Kier molecular flexibility index (Phi) is 3.07. The van der Waals surface area contributed by atoms with Crippen LogP contribution in [-0.4, -0.2) is 24.2 Å². The van der Waals surface area contributed by atoms with Gasteiger partial charge in [-0.05, 0) is 19.4 Å². The van der Waals surface area contributed by atoms with Gasteiger partial charge in [0.15, 0.2) is 0 Å². The number of carboxylic acids is 1. The Morgan fingerprint density at radius 2 is 2.35 bits per heavy atom. The molecule has 92 valence electrons. The number of nitrogens with two attached hydrogens (primary N) is 1. The number of carbonyl (C=O) groups is 1. The molecule has 2 rings (SSSR count). The van der Waals surface area contributed by atoms with Crippen LogP contribution in [0.15, 0.2) is 18.2 Å². The van der Waals surface area contributed by atoms with Crippen molar-refractivity contribution in [3.63, 3.8) is 0 Å². The molecule has 1 unspecified atom stereocenters. The topological polar surface area (TPSA) is 72.6 Å². The van der Waals surface area contributed by atoms with Crippen LogP contribution in [0.2, 0.25) is 0 Å². The SMILES string of the molecule is Cc1ccc2c(c1)C(CN)(CC(=O)O)CCO2. The maximum atomic E-state index is 11.0. The number of carboxylic acid groups (broad SMARTS) is 1. The predicted octanol–water partition coefficient (Wildman–Crippen LogP) is 1.45. The van der Waals surface area contributed by atoms with E-state index < -0.39 is 11.4 Å². The highest BCUT2D eigenvalue weighted by Crippen LogP contribution is 2.41. The van der Waals surface area contributed by atoms with E-state index in [-0.39, 0.29) is 6.42 Å². The molecule has 0 amide bonds. The summed E-state index contributed by atoms with van der Waals surface area (Å²) in [5.74, 6) is -0.0432. The first-order chi connectivity index (χ1) is 8.07. The normalized spacial score (nSPS) is 22.7. The lowest BCUT2D eigenvalue weighted by molar-refractivity contribution is -0.138. The maximum absolute atomic E-state index is 11.0. The Balaban J connectivity index is 2.49. The number of fused-ring (bicyclic) bond motifs is 1. The Morgan fingerprint density at radius 3 is 3.00 bits per heavy atom. The molecule has 0 aromatic heterocycles. The Hall–Kier alpha value is -1.55. The van der Waals surface area contributed by atoms with Crippen LogP contribution < -0.4 is 10.5 Å². The number of ether oxygens (including phenoxy) is 1. The van der Waals surface area contributed by atoms with Crippen molar-refractivity contribution in [1.82, 2.24) is 0 Å². The van der Waals surface area contributed by atoms with Crippen molar-refractivity contribution in [2.24, 2.45) is 5.73 Å². The van der Waals surface area contributed by atoms with Gasteiger partial charge in [0.1, 0.15) is 5.75 Å². The first kappa shape index (κ1) is 11.9. The van der Waals surface area contributed by atoms with E-state index in [0.29, 0.717) is 19.6 Å². The van der Waals surface area contributed by atoms with Crippen molar-refractivity contribution >= 4 is 5.97 Å². The van der Waals surface area contributed by atoms with Crippen LogP contribution in [0.4, 0.5) is 0 Å². The molecule has 0 radical (unpaired) electrons. The minimum absolute atomic E-state index is 0.0588. The lowest BCUT2D eigenvalue weighted by atomic mass is 9.73. The van der Waals surface area contributed by atoms with E-state index in [9.17, 15) is 4.79 Å². The van der Waals surface area contributed by atoms with Crippen molar-refractivity contribution in [2.45, 2.75) is 25.2 Å². The van der Waals surface area contributed by atoms with E-state index in [4.69, 9.17) is 15.6 Å². The van der Waals surface area contributed by atoms with Gasteiger partial charge in [-0.2, -0.15) is 0 Å². The first-order valence-corrected chi connectivity index (χ1v) is 5.73. The highest BCUT2D eigenvalue weighted by molar-refractivity contribution is 5.70. The molecule has 1 aliphatic heterocycles. The number of aliphatic carboxylic acids is 1. The van der Waals surface area contributed by atoms with Gasteiger partial charge >= 0.3 is 5.97 Å². The van der Waals surface area contributed by atoms with Gasteiger partial charge < -0.3 is 15.6 Å². The summed E-state index contributed by atoms with van der Waals surface area (Å²) >= 11 is 0. The fraction of sp³-hybridized carbons (Fsp3) is 0.462. The van der Waals surface area contributed by atoms with E-state index in [0.717, 1.165) is 16.9 Å². The summed E-state index contributed by atoms with van der Waals surface area (Å²) in [5.41, 5.74) is 7.39. The number of hydrogen-bond donors (Lipinski definition) is 2. The van der Waals surface area contributed by atoms with Crippen molar-refractivity contribution < 1.29 is 14.6 Å². The van der Waals surface area contributed by atoms with E-state index in [1.54, 1.807) is 0 Å². The summed E-state index contributed by atoms with van der Waals surface area (Å²) in [5, 5.41) is 9.06. The lowest BCUT2D eigenvalue weighted by Gasteiger charge is -2.37. The van der Waals surface area contributed by atoms with Gasteiger partial charge in [-0.1, -0.05) is 17.7 Å². The zero-order valence-corrected chi connectivity index (χ0v) is 9.90. The van der Waals surface area contributed by atoms with Crippen molar-refractivity contribution in [3.8, 4) is 5.75 Å². The molecule has 0 saturated heterocycles. The fourth-order valence-electron chi connectivity index (χ4n) is 2.43. The second-order valence-corrected chi connectivity index (χ2v) is 4.65. The highest BCUT2D eigenvalue weighted by Gasteiger charge is 2.38. The summed E-state index contributed by atoms with van der Waals surface area (Å²) in [6, 6.07) is 5.85. The van der Waals surface area contributed by atoms with Crippen LogP contribution in [-0.2, 0) is 10.2 Å². The molecule has 1 heterocycles. The average Bonchev–Trinajstić information content (AvgIpc) is 2.29. The summed E-state index contributed by atoms with van der Waals surface area (Å²) in [4.78, 5) is 11.0. The second-order valence-electron chi connectivity index (χ2n) is 4.65. The van der Waals surface area contributed by atoms with Crippen LogP contribution in [0.25, 0.3) is 0 Å². The third-order valence-corrected chi connectivity index (χ3v) is 3.42. The minimum Gasteiger partial charge on any atom is -0.493 e. The van der Waals surface area contributed by atoms with Gasteiger partial charge in [-0.15, -0.1) is 0 Å². The quantitative estimate of drug-likeness (QED) is 0.831. The molecule has 4 nitrogen and oxygen atoms in total. The second kappa shape index (κ2) is 4.37. The number of hydrogen-bond acceptors (Lipinski definition) is 3. The highest BCUT2D eigenvalue weighted by atomic mass is 16.5. The largest absolute Gasteiger partial charge is 0.493 e. The van der Waals surface area contributed by atoms with Crippen molar-refractivity contribution in [3.05, 3.63) is 29.3 Å². The van der Waals surface area contributed by atoms with E-state index in [2.05, 4.69) is 0 Å². The van der Waals surface area contributed by atoms with Gasteiger partial charge in [-0.3, -0.25) is 4.79 Å². The third kappa shape index (κ3) is 2.13. The summed E-state index contributed by atoms with van der Waals surface area (Å²) < 4.78 is 5.57. The Labute approximate surface area is 100 Å². The maximum Gasteiger partial charge on any atom is 0.304 e. The predicted molar refractivity (Wildman–Crippen MR) is 64.3 cm³/mol. The van der Waals surface area contributed by atoms with Gasteiger partial charge in [-0.25, -0.2) is 0 Å². The molecular formula is C13H17NO3. The standard InChI is InChI=1S/C13H17NO3/c1-9-2-3-11-10(6-9)13(8-14,4-5-17-11)7-12(15)16/h2-3,6H,4-5,7-8,14H2,1H3,(H,15,16). The summed E-state index contributed by atoms with van der Waals surface area (Å²) in [6.45, 7) is 2.84. The molecule has 1 atom stereocenters. The Morgan fingerprint density at radius 1 is 1.59 bits per heavy atom. The average molecular weight is 235 g/mol. The summed E-state index contributed by atoms with van der Waals surface area (Å²) in [6.07, 6.45) is 0.718. The van der Waals surface area contributed by atoms with Crippen molar-refractivity contribution in [2.75, 3.05) is 13.2 Å². The molecule has 0 aliphatic carbocycles. The van der Waals surface area contributed by atoms with E-state index in [1.165, 1.54) is 0 Å². The van der Waals surface area contributed by atoms with Gasteiger partial charge in [0.25, 0.3) is 0 Å². The number of benzene rings is 1. The molecule has 4 heteroatoms. The molecule has 1 aromatic carbocycles. The molecule has 0 bridgehead atoms. The Bertz CT molecular complexity index is 444. The van der Waals surface area contributed by atoms with E-state index >= 15 is 0 Å². The van der Waals surface area contributed by atoms with Crippen LogP contribution in [0.3, 0.4) is 0 Å². The first-order valence-electron chi connectivity index (χ1n) is 5.73.